The van der Waals surface area contributed by atoms with Crippen molar-refractivity contribution in [3.63, 3.8) is 0 Å². The van der Waals surface area contributed by atoms with Crippen LogP contribution in [0.3, 0.4) is 0 Å². The molecule has 0 unspecified atom stereocenters. The van der Waals surface area contributed by atoms with E-state index >= 15 is 0 Å². The molecule has 35 heavy (non-hydrogen) atoms. The van der Waals surface area contributed by atoms with Crippen LogP contribution in [0.5, 0.6) is 11.5 Å². The number of methoxy groups -OCH3 is 1. The van der Waals surface area contributed by atoms with Crippen molar-refractivity contribution in [1.82, 2.24) is 5.32 Å². The van der Waals surface area contributed by atoms with E-state index in [1.54, 1.807) is 64.3 Å². The number of rotatable bonds is 11. The van der Waals surface area contributed by atoms with E-state index in [9.17, 15) is 19.7 Å². The van der Waals surface area contributed by atoms with E-state index in [-0.39, 0.29) is 42.4 Å². The van der Waals surface area contributed by atoms with Crippen molar-refractivity contribution in [3.05, 3.63) is 69.8 Å². The number of anilines is 1. The Kier molecular flexibility index (Phi) is 9.44. The van der Waals surface area contributed by atoms with Crippen molar-refractivity contribution in [2.75, 3.05) is 25.5 Å². The Balaban J connectivity index is 2.14. The third-order valence-electron chi connectivity index (χ3n) is 4.44. The van der Waals surface area contributed by atoms with Crippen LogP contribution < -0.4 is 25.8 Å². The third kappa shape index (κ3) is 8.88. The molecule has 0 fully saturated rings. The summed E-state index contributed by atoms with van der Waals surface area (Å²) in [6, 6.07) is 9.55. The van der Waals surface area contributed by atoms with Crippen molar-refractivity contribution in [1.29, 1.82) is 0 Å². The van der Waals surface area contributed by atoms with Crippen LogP contribution in [-0.4, -0.2) is 42.7 Å². The molecule has 0 aliphatic heterocycles. The first-order valence-electron chi connectivity index (χ1n) is 10.7. The number of carbonyl (C=O) groups is 2. The number of benzene rings is 2. The molecule has 2 amide bonds. The minimum Gasteiger partial charge on any atom is -0.497 e. The predicted molar refractivity (Wildman–Crippen MR) is 131 cm³/mol. The highest BCUT2D eigenvalue weighted by Gasteiger charge is 2.22. The van der Waals surface area contributed by atoms with E-state index in [2.05, 4.69) is 10.6 Å². The van der Waals surface area contributed by atoms with Gasteiger partial charge in [0.2, 0.25) is 5.91 Å². The fourth-order valence-corrected chi connectivity index (χ4v) is 2.85. The smallest absolute Gasteiger partial charge is 0.407 e. The molecule has 0 radical (unpaired) electrons. The lowest BCUT2D eigenvalue weighted by Gasteiger charge is -2.19. The van der Waals surface area contributed by atoms with Crippen LogP contribution in [0.15, 0.2) is 48.6 Å². The molecule has 2 aromatic carbocycles. The molecule has 0 aromatic heterocycles. The lowest BCUT2D eigenvalue weighted by Crippen LogP contribution is -2.32. The molecule has 0 saturated heterocycles. The second-order valence-electron chi connectivity index (χ2n) is 8.36. The lowest BCUT2D eigenvalue weighted by atomic mass is 10.1. The second kappa shape index (κ2) is 12.3. The van der Waals surface area contributed by atoms with Crippen LogP contribution in [0.1, 0.15) is 36.7 Å². The van der Waals surface area contributed by atoms with E-state index in [0.717, 1.165) is 11.6 Å². The van der Waals surface area contributed by atoms with Crippen LogP contribution in [0, 0.1) is 10.1 Å². The van der Waals surface area contributed by atoms with Gasteiger partial charge < -0.3 is 30.6 Å². The van der Waals surface area contributed by atoms with Crippen LogP contribution in [0.4, 0.5) is 16.2 Å². The number of hydrogen-bond donors (Lipinski definition) is 3. The highest BCUT2D eigenvalue weighted by molar-refractivity contribution is 5.95. The summed E-state index contributed by atoms with van der Waals surface area (Å²) in [5.74, 6) is -0.0402. The first-order valence-corrected chi connectivity index (χ1v) is 10.7. The molecular formula is C24H30N4O7. The highest BCUT2D eigenvalue weighted by atomic mass is 16.6. The fourth-order valence-electron chi connectivity index (χ4n) is 2.85. The SMILES string of the molecule is COc1ccc(COc2cc(C(N)=O)cc([N+](=O)[O-])c2NCC=CCNC(=O)OC(C)(C)C)cc1. The van der Waals surface area contributed by atoms with E-state index in [1.165, 1.54) is 6.07 Å². The molecule has 0 aliphatic carbocycles. The van der Waals surface area contributed by atoms with Gasteiger partial charge in [-0.3, -0.25) is 14.9 Å². The molecule has 2 aromatic rings. The molecule has 4 N–H and O–H groups in total. The van der Waals surface area contributed by atoms with E-state index in [0.29, 0.717) is 5.75 Å². The van der Waals surface area contributed by atoms with Crippen molar-refractivity contribution < 1.29 is 28.7 Å². The number of ether oxygens (including phenoxy) is 3. The molecule has 0 heterocycles. The number of nitrogens with two attached hydrogens (primary N) is 1. The summed E-state index contributed by atoms with van der Waals surface area (Å²) in [5.41, 5.74) is 5.23. The Morgan fingerprint density at radius 2 is 1.77 bits per heavy atom. The number of carbonyl (C=O) groups excluding carboxylic acids is 2. The molecule has 11 nitrogen and oxygen atoms in total. The van der Waals surface area contributed by atoms with Crippen LogP contribution >= 0.6 is 0 Å². The van der Waals surface area contributed by atoms with Gasteiger partial charge >= 0.3 is 6.09 Å². The highest BCUT2D eigenvalue weighted by Crippen LogP contribution is 2.36. The Bertz CT molecular complexity index is 1080. The molecule has 188 valence electrons. The number of alkyl carbamates (subject to hydrolysis) is 1. The van der Waals surface area contributed by atoms with Gasteiger partial charge in [0.15, 0.2) is 11.4 Å². The summed E-state index contributed by atoms with van der Waals surface area (Å²) < 4.78 is 16.1. The molecular weight excluding hydrogens is 456 g/mol. The molecule has 2 rings (SSSR count). The van der Waals surface area contributed by atoms with Gasteiger partial charge in [-0.15, -0.1) is 0 Å². The maximum atomic E-state index is 11.7. The van der Waals surface area contributed by atoms with E-state index in [4.69, 9.17) is 19.9 Å². The summed E-state index contributed by atoms with van der Waals surface area (Å²) in [5, 5.41) is 17.2. The van der Waals surface area contributed by atoms with E-state index in [1.807, 2.05) is 0 Å². The summed E-state index contributed by atoms with van der Waals surface area (Å²) in [7, 11) is 1.56. The third-order valence-corrected chi connectivity index (χ3v) is 4.44. The van der Waals surface area contributed by atoms with Gasteiger partial charge in [-0.05, 0) is 44.5 Å². The summed E-state index contributed by atoms with van der Waals surface area (Å²) in [4.78, 5) is 34.4. The summed E-state index contributed by atoms with van der Waals surface area (Å²) >= 11 is 0. The normalized spacial score (nSPS) is 11.1. The number of nitro groups is 1. The van der Waals surface area contributed by atoms with Gasteiger partial charge in [0.25, 0.3) is 5.69 Å². The van der Waals surface area contributed by atoms with Crippen molar-refractivity contribution in [2.24, 2.45) is 5.73 Å². The van der Waals surface area contributed by atoms with Gasteiger partial charge in [0.05, 0.1) is 12.0 Å². The number of nitrogens with zero attached hydrogens (tertiary/aromatic N) is 1. The minimum atomic E-state index is -0.818. The minimum absolute atomic E-state index is 0.0518. The standard InChI is InChI=1S/C24H30N4O7/c1-24(2,3)35-23(30)27-12-6-5-11-26-21-19(28(31)32)13-17(22(25)29)14-20(21)34-15-16-7-9-18(33-4)10-8-16/h5-10,13-14,26H,11-12,15H2,1-4H3,(H2,25,29)(H,27,30). The first kappa shape index (κ1) is 27.0. The van der Waals surface area contributed by atoms with Crippen molar-refractivity contribution >= 4 is 23.4 Å². The Morgan fingerprint density at radius 1 is 1.11 bits per heavy atom. The quantitative estimate of drug-likeness (QED) is 0.246. The monoisotopic (exact) mass is 486 g/mol. The second-order valence-corrected chi connectivity index (χ2v) is 8.36. The average molecular weight is 487 g/mol. The van der Waals surface area contributed by atoms with Gasteiger partial charge in [-0.1, -0.05) is 24.3 Å². The molecule has 0 saturated carbocycles. The number of amides is 2. The number of nitrogens with one attached hydrogen (secondary N) is 2. The number of hydrogen-bond acceptors (Lipinski definition) is 8. The Hall–Kier alpha value is -4.28. The van der Waals surface area contributed by atoms with Crippen LogP contribution in [0.25, 0.3) is 0 Å². The van der Waals surface area contributed by atoms with E-state index < -0.39 is 22.5 Å². The molecule has 0 bridgehead atoms. The first-order chi connectivity index (χ1) is 16.5. The van der Waals surface area contributed by atoms with Gasteiger partial charge in [-0.25, -0.2) is 4.79 Å². The largest absolute Gasteiger partial charge is 0.497 e. The summed E-state index contributed by atoms with van der Waals surface area (Å²) in [6.45, 7) is 5.77. The summed E-state index contributed by atoms with van der Waals surface area (Å²) in [6.07, 6.45) is 2.79. The maximum absolute atomic E-state index is 11.7. The zero-order chi connectivity index (χ0) is 26.0. The molecule has 0 spiro atoms. The molecule has 0 aliphatic rings. The van der Waals surface area contributed by atoms with Gasteiger partial charge in [0, 0.05) is 24.7 Å². The molecule has 0 atom stereocenters. The van der Waals surface area contributed by atoms with Crippen molar-refractivity contribution in [3.8, 4) is 11.5 Å². The Morgan fingerprint density at radius 3 is 2.34 bits per heavy atom. The number of nitro benzene ring substituents is 1. The maximum Gasteiger partial charge on any atom is 0.407 e. The predicted octanol–water partition coefficient (Wildman–Crippen LogP) is 3.77. The lowest BCUT2D eigenvalue weighted by molar-refractivity contribution is -0.384. The Labute approximate surface area is 203 Å². The van der Waals surface area contributed by atoms with Crippen LogP contribution in [0.2, 0.25) is 0 Å². The molecule has 11 heteroatoms. The number of primary amides is 1. The van der Waals surface area contributed by atoms with Crippen LogP contribution in [-0.2, 0) is 11.3 Å². The average Bonchev–Trinajstić information content (AvgIpc) is 2.78. The van der Waals surface area contributed by atoms with Crippen molar-refractivity contribution in [2.45, 2.75) is 33.0 Å². The topological polar surface area (TPSA) is 155 Å². The zero-order valence-electron chi connectivity index (χ0n) is 20.1. The van der Waals surface area contributed by atoms with Gasteiger partial charge in [-0.2, -0.15) is 0 Å². The fraction of sp³-hybridized carbons (Fsp3) is 0.333. The zero-order valence-corrected chi connectivity index (χ0v) is 20.1. The van der Waals surface area contributed by atoms with Gasteiger partial charge in [0.1, 0.15) is 18.0 Å².